The Kier molecular flexibility index (Phi) is 7.33. The first-order valence-electron chi connectivity index (χ1n) is 11.2. The van der Waals surface area contributed by atoms with Crippen LogP contribution in [0.25, 0.3) is 5.76 Å². The van der Waals surface area contributed by atoms with Gasteiger partial charge in [0, 0.05) is 36.1 Å². The number of Topliss-reactive ketones (excluding diaryl/α,β-unsaturated/α-hetero) is 1. The van der Waals surface area contributed by atoms with Gasteiger partial charge in [-0.3, -0.25) is 14.5 Å². The van der Waals surface area contributed by atoms with Crippen LogP contribution in [0.2, 0.25) is 10.0 Å². The van der Waals surface area contributed by atoms with Crippen LogP contribution in [0.1, 0.15) is 31.0 Å². The molecule has 5 nitrogen and oxygen atoms in total. The molecule has 1 heterocycles. The molecule has 1 fully saturated rings. The number of hydrogen-bond donors (Lipinski definition) is 1. The van der Waals surface area contributed by atoms with Gasteiger partial charge in [-0.15, -0.1) is 0 Å². The third kappa shape index (κ3) is 4.56. The van der Waals surface area contributed by atoms with Gasteiger partial charge in [0.1, 0.15) is 5.76 Å². The van der Waals surface area contributed by atoms with Crippen molar-refractivity contribution in [2.45, 2.75) is 19.9 Å². The summed E-state index contributed by atoms with van der Waals surface area (Å²) < 4.78 is 27.8. The number of carbonyl (C=O) groups excluding carboxylic acids is 2. The topological polar surface area (TPSA) is 60.9 Å². The van der Waals surface area contributed by atoms with E-state index in [0.717, 1.165) is 35.8 Å². The predicted molar refractivity (Wildman–Crippen MR) is 138 cm³/mol. The molecule has 0 spiro atoms. The van der Waals surface area contributed by atoms with Crippen molar-refractivity contribution >= 4 is 52.0 Å². The highest BCUT2D eigenvalue weighted by Crippen LogP contribution is 2.43. The lowest BCUT2D eigenvalue weighted by atomic mass is 9.95. The molecule has 0 aromatic heterocycles. The number of hydrogen-bond acceptors (Lipinski definition) is 4. The van der Waals surface area contributed by atoms with Crippen LogP contribution in [0.4, 0.5) is 20.2 Å². The molecular weight excluding hydrogens is 509 g/mol. The van der Waals surface area contributed by atoms with Gasteiger partial charge in [0.25, 0.3) is 11.7 Å². The second-order valence-corrected chi connectivity index (χ2v) is 8.97. The Morgan fingerprint density at radius 1 is 0.917 bits per heavy atom. The van der Waals surface area contributed by atoms with E-state index in [0.29, 0.717) is 5.56 Å². The van der Waals surface area contributed by atoms with E-state index in [1.807, 2.05) is 26.0 Å². The fourth-order valence-electron chi connectivity index (χ4n) is 4.30. The molecule has 3 aromatic carbocycles. The van der Waals surface area contributed by atoms with E-state index < -0.39 is 35.1 Å². The zero-order valence-electron chi connectivity index (χ0n) is 19.4. The Balaban J connectivity index is 1.92. The second kappa shape index (κ2) is 10.3. The Hall–Kier alpha value is -3.42. The SMILES string of the molecule is CCN(CC)c1ccc(C2/C(=C(\O)c3ccc(Cl)c(Cl)c3)C(=O)C(=O)N2c2ccc(F)c(F)c2)cc1. The van der Waals surface area contributed by atoms with Gasteiger partial charge in [-0.05, 0) is 61.9 Å². The molecule has 4 rings (SSSR count). The minimum absolute atomic E-state index is 0.0259. The summed E-state index contributed by atoms with van der Waals surface area (Å²) in [6, 6.07) is 13.3. The maximum absolute atomic E-state index is 14.1. The van der Waals surface area contributed by atoms with Crippen molar-refractivity contribution in [3.63, 3.8) is 0 Å². The third-order valence-electron chi connectivity index (χ3n) is 6.16. The highest BCUT2D eigenvalue weighted by Gasteiger charge is 2.47. The molecule has 36 heavy (non-hydrogen) atoms. The lowest BCUT2D eigenvalue weighted by Gasteiger charge is -2.27. The molecule has 1 saturated heterocycles. The first-order valence-corrected chi connectivity index (χ1v) is 12.0. The van der Waals surface area contributed by atoms with Crippen LogP contribution < -0.4 is 9.80 Å². The Morgan fingerprint density at radius 2 is 1.58 bits per heavy atom. The summed E-state index contributed by atoms with van der Waals surface area (Å²) in [5.41, 5.74) is 1.37. The van der Waals surface area contributed by atoms with Crippen molar-refractivity contribution in [1.82, 2.24) is 0 Å². The second-order valence-electron chi connectivity index (χ2n) is 8.16. The minimum Gasteiger partial charge on any atom is -0.507 e. The van der Waals surface area contributed by atoms with E-state index in [1.54, 1.807) is 12.1 Å². The van der Waals surface area contributed by atoms with Crippen LogP contribution in [-0.2, 0) is 9.59 Å². The molecule has 9 heteroatoms. The third-order valence-corrected chi connectivity index (χ3v) is 6.90. The Morgan fingerprint density at radius 3 is 2.17 bits per heavy atom. The van der Waals surface area contributed by atoms with E-state index >= 15 is 0 Å². The van der Waals surface area contributed by atoms with Gasteiger partial charge >= 0.3 is 0 Å². The molecule has 0 saturated carbocycles. The standard InChI is InChI=1S/C27H22Cl2F2N2O3/c1-3-32(4-2)17-8-5-15(6-9-17)24-23(25(34)16-7-11-19(28)20(29)13-16)26(35)27(36)33(24)18-10-12-21(30)22(31)14-18/h5-14,24,34H,3-4H2,1-2H3/b25-23+. The molecule has 0 bridgehead atoms. The smallest absolute Gasteiger partial charge is 0.300 e. The van der Waals surface area contributed by atoms with Crippen LogP contribution in [0.5, 0.6) is 0 Å². The summed E-state index contributed by atoms with van der Waals surface area (Å²) in [6.07, 6.45) is 0. The van der Waals surface area contributed by atoms with Gasteiger partial charge in [0.05, 0.1) is 21.7 Å². The van der Waals surface area contributed by atoms with Gasteiger partial charge < -0.3 is 10.0 Å². The molecule has 1 N–H and O–H groups in total. The number of halogens is 4. The average Bonchev–Trinajstić information content (AvgIpc) is 3.13. The molecule has 1 aliphatic rings. The number of nitrogens with zero attached hydrogens (tertiary/aromatic N) is 2. The zero-order chi connectivity index (χ0) is 26.1. The summed E-state index contributed by atoms with van der Waals surface area (Å²) in [4.78, 5) is 29.6. The van der Waals surface area contributed by atoms with Crippen molar-refractivity contribution in [1.29, 1.82) is 0 Å². The molecule has 1 amide bonds. The predicted octanol–water partition coefficient (Wildman–Crippen LogP) is 6.74. The molecule has 186 valence electrons. The molecule has 3 aromatic rings. The molecule has 1 aliphatic heterocycles. The minimum atomic E-state index is -1.17. The van der Waals surface area contributed by atoms with E-state index in [4.69, 9.17) is 23.2 Å². The molecule has 1 atom stereocenters. The first kappa shape index (κ1) is 25.7. The normalized spacial score (nSPS) is 17.1. The monoisotopic (exact) mass is 530 g/mol. The fraction of sp³-hybridized carbons (Fsp3) is 0.185. The number of amides is 1. The number of aliphatic hydroxyl groups is 1. The van der Waals surface area contributed by atoms with Gasteiger partial charge in [-0.2, -0.15) is 0 Å². The van der Waals surface area contributed by atoms with Crippen LogP contribution in [0, 0.1) is 11.6 Å². The van der Waals surface area contributed by atoms with Crippen molar-refractivity contribution in [3.05, 3.63) is 99.0 Å². The number of anilines is 2. The Labute approximate surface area is 217 Å². The Bertz CT molecular complexity index is 1370. The lowest BCUT2D eigenvalue weighted by Crippen LogP contribution is -2.29. The highest BCUT2D eigenvalue weighted by atomic mass is 35.5. The molecular formula is C27H22Cl2F2N2O3. The van der Waals surface area contributed by atoms with Crippen LogP contribution in [0.3, 0.4) is 0 Å². The summed E-state index contributed by atoms with van der Waals surface area (Å²) in [5, 5.41) is 11.6. The van der Waals surface area contributed by atoms with E-state index in [-0.39, 0.29) is 26.9 Å². The largest absolute Gasteiger partial charge is 0.507 e. The lowest BCUT2D eigenvalue weighted by molar-refractivity contribution is -0.132. The number of carbonyl (C=O) groups is 2. The molecule has 0 radical (unpaired) electrons. The molecule has 1 unspecified atom stereocenters. The number of rotatable bonds is 6. The number of ketones is 1. The maximum Gasteiger partial charge on any atom is 0.300 e. The van der Waals surface area contributed by atoms with Gasteiger partial charge in [0.15, 0.2) is 11.6 Å². The average molecular weight is 531 g/mol. The van der Waals surface area contributed by atoms with Crippen molar-refractivity contribution in [2.24, 2.45) is 0 Å². The first-order chi connectivity index (χ1) is 17.2. The van der Waals surface area contributed by atoms with Crippen LogP contribution in [-0.4, -0.2) is 29.9 Å². The van der Waals surface area contributed by atoms with E-state index in [9.17, 15) is 23.5 Å². The summed E-state index contributed by atoms with van der Waals surface area (Å²) in [5.74, 6) is -4.68. The quantitative estimate of drug-likeness (QED) is 0.217. The van der Waals surface area contributed by atoms with Crippen molar-refractivity contribution in [3.8, 4) is 0 Å². The zero-order valence-corrected chi connectivity index (χ0v) is 20.9. The number of benzene rings is 3. The van der Waals surface area contributed by atoms with E-state index in [1.165, 1.54) is 24.3 Å². The fourth-order valence-corrected chi connectivity index (χ4v) is 4.60. The van der Waals surface area contributed by atoms with Gasteiger partial charge in [-0.25, -0.2) is 8.78 Å². The number of aliphatic hydroxyl groups excluding tert-OH is 1. The summed E-state index contributed by atoms with van der Waals surface area (Å²) in [7, 11) is 0. The summed E-state index contributed by atoms with van der Waals surface area (Å²) in [6.45, 7) is 5.60. The van der Waals surface area contributed by atoms with Crippen LogP contribution in [0.15, 0.2) is 66.2 Å². The highest BCUT2D eigenvalue weighted by molar-refractivity contribution is 6.51. The van der Waals surface area contributed by atoms with E-state index in [2.05, 4.69) is 4.90 Å². The molecule has 0 aliphatic carbocycles. The van der Waals surface area contributed by atoms with Gasteiger partial charge in [-0.1, -0.05) is 35.3 Å². The van der Waals surface area contributed by atoms with Crippen molar-refractivity contribution < 1.29 is 23.5 Å². The van der Waals surface area contributed by atoms with Crippen LogP contribution >= 0.6 is 23.2 Å². The van der Waals surface area contributed by atoms with Crippen molar-refractivity contribution in [2.75, 3.05) is 22.9 Å². The van der Waals surface area contributed by atoms with Gasteiger partial charge in [0.2, 0.25) is 0 Å². The maximum atomic E-state index is 14.1. The summed E-state index contributed by atoms with van der Waals surface area (Å²) >= 11 is 12.1.